The minimum atomic E-state index is -0.215. The average Bonchev–Trinajstić information content (AvgIpc) is 1.94. The molecule has 2 unspecified atom stereocenters. The van der Waals surface area contributed by atoms with E-state index in [1.807, 2.05) is 41.5 Å². The van der Waals surface area contributed by atoms with E-state index in [9.17, 15) is 0 Å². The quantitative estimate of drug-likeness (QED) is 0.639. The molecule has 0 aliphatic rings. The molecule has 0 rings (SSSR count). The van der Waals surface area contributed by atoms with Gasteiger partial charge in [0.15, 0.2) is 0 Å². The first-order valence-corrected chi connectivity index (χ1v) is 4.94. The molecule has 2 atom stereocenters. The van der Waals surface area contributed by atoms with Gasteiger partial charge in [0.05, 0.1) is 24.0 Å². The Balaban J connectivity index is 5.07. The monoisotopic (exact) mass is 192 g/mol. The largest absolute Gasteiger partial charge is 0.198 e. The summed E-state index contributed by atoms with van der Waals surface area (Å²) in [7, 11) is 0. The number of nitrogens with zero attached hydrogens (tertiary/aromatic N) is 2. The number of nitriles is 2. The molecule has 0 aliphatic carbocycles. The molecule has 0 saturated heterocycles. The zero-order valence-corrected chi connectivity index (χ0v) is 10.0. The first kappa shape index (κ1) is 13.0. The maximum absolute atomic E-state index is 9.13. The van der Waals surface area contributed by atoms with E-state index in [0.717, 1.165) is 0 Å². The average molecular weight is 192 g/mol. The van der Waals surface area contributed by atoms with E-state index in [4.69, 9.17) is 10.5 Å². The summed E-state index contributed by atoms with van der Waals surface area (Å²) in [6.45, 7) is 12.1. The summed E-state index contributed by atoms with van der Waals surface area (Å²) in [5, 5.41) is 18.3. The van der Waals surface area contributed by atoms with Gasteiger partial charge in [-0.3, -0.25) is 0 Å². The molecule has 0 aromatic rings. The van der Waals surface area contributed by atoms with E-state index < -0.39 is 0 Å². The summed E-state index contributed by atoms with van der Waals surface area (Å²) in [6.07, 6.45) is 0. The molecule has 0 saturated carbocycles. The van der Waals surface area contributed by atoms with Gasteiger partial charge in [-0.1, -0.05) is 41.5 Å². The Morgan fingerprint density at radius 2 is 0.929 bits per heavy atom. The van der Waals surface area contributed by atoms with Crippen LogP contribution in [0.4, 0.5) is 0 Å². The van der Waals surface area contributed by atoms with E-state index in [-0.39, 0.29) is 22.7 Å². The van der Waals surface area contributed by atoms with Crippen molar-refractivity contribution in [1.29, 1.82) is 10.5 Å². The lowest BCUT2D eigenvalue weighted by Crippen LogP contribution is -2.34. The third-order valence-corrected chi connectivity index (χ3v) is 2.48. The number of hydrogen-bond donors (Lipinski definition) is 0. The third-order valence-electron chi connectivity index (χ3n) is 2.48. The van der Waals surface area contributed by atoms with Crippen molar-refractivity contribution in [3.05, 3.63) is 0 Å². The van der Waals surface area contributed by atoms with Crippen molar-refractivity contribution < 1.29 is 0 Å². The lowest BCUT2D eigenvalue weighted by molar-refractivity contribution is 0.154. The Morgan fingerprint density at radius 1 is 0.714 bits per heavy atom. The van der Waals surface area contributed by atoms with E-state index >= 15 is 0 Å². The van der Waals surface area contributed by atoms with Crippen LogP contribution in [-0.2, 0) is 0 Å². The van der Waals surface area contributed by atoms with Gasteiger partial charge in [-0.15, -0.1) is 0 Å². The Bertz CT molecular complexity index is 235. The highest BCUT2D eigenvalue weighted by Gasteiger charge is 2.39. The van der Waals surface area contributed by atoms with Crippen LogP contribution >= 0.6 is 0 Å². The van der Waals surface area contributed by atoms with Crippen LogP contribution in [0.1, 0.15) is 41.5 Å². The van der Waals surface area contributed by atoms with Gasteiger partial charge in [-0.25, -0.2) is 0 Å². The van der Waals surface area contributed by atoms with Crippen LogP contribution in [0, 0.1) is 45.3 Å². The fourth-order valence-corrected chi connectivity index (χ4v) is 1.54. The molecule has 0 amide bonds. The second kappa shape index (κ2) is 4.01. The second-order valence-corrected chi connectivity index (χ2v) is 5.95. The van der Waals surface area contributed by atoms with Crippen LogP contribution in [0.2, 0.25) is 0 Å². The molecular formula is C12H20N2. The third kappa shape index (κ3) is 3.04. The molecule has 0 fully saturated rings. The lowest BCUT2D eigenvalue weighted by Gasteiger charge is -2.35. The maximum Gasteiger partial charge on any atom is 0.0675 e. The smallest absolute Gasteiger partial charge is 0.0675 e. The van der Waals surface area contributed by atoms with Crippen LogP contribution in [0.5, 0.6) is 0 Å². The Kier molecular flexibility index (Phi) is 3.72. The van der Waals surface area contributed by atoms with Crippen LogP contribution in [-0.4, -0.2) is 0 Å². The summed E-state index contributed by atoms with van der Waals surface area (Å²) in [5.41, 5.74) is -0.273. The fraction of sp³-hybridized carbons (Fsp3) is 0.833. The standard InChI is InChI=1S/C12H20N2/c1-11(2,3)9(7-13)10(8-14)12(4,5)6/h9-10H,1-6H3. The number of hydrogen-bond acceptors (Lipinski definition) is 2. The van der Waals surface area contributed by atoms with Gasteiger partial charge < -0.3 is 0 Å². The zero-order chi connectivity index (χ0) is 11.6. The minimum Gasteiger partial charge on any atom is -0.198 e. The van der Waals surface area contributed by atoms with Crippen molar-refractivity contribution in [2.75, 3.05) is 0 Å². The maximum atomic E-state index is 9.13. The first-order valence-electron chi connectivity index (χ1n) is 4.94. The van der Waals surface area contributed by atoms with E-state index in [2.05, 4.69) is 12.1 Å². The van der Waals surface area contributed by atoms with Crippen molar-refractivity contribution in [3.8, 4) is 12.1 Å². The molecule has 2 nitrogen and oxygen atoms in total. The molecule has 0 aliphatic heterocycles. The van der Waals surface area contributed by atoms with Gasteiger partial charge >= 0.3 is 0 Å². The Hall–Kier alpha value is -1.02. The second-order valence-electron chi connectivity index (χ2n) is 5.95. The fourth-order valence-electron chi connectivity index (χ4n) is 1.54. The normalized spacial score (nSPS) is 16.6. The minimum absolute atomic E-state index is 0.136. The Labute approximate surface area is 87.5 Å². The van der Waals surface area contributed by atoms with Crippen LogP contribution < -0.4 is 0 Å². The molecule has 0 heterocycles. The van der Waals surface area contributed by atoms with Gasteiger partial charge in [0, 0.05) is 0 Å². The van der Waals surface area contributed by atoms with Crippen molar-refractivity contribution in [3.63, 3.8) is 0 Å². The van der Waals surface area contributed by atoms with Gasteiger partial charge in [-0.05, 0) is 10.8 Å². The summed E-state index contributed by atoms with van der Waals surface area (Å²) in [5.74, 6) is -0.431. The van der Waals surface area contributed by atoms with E-state index in [1.54, 1.807) is 0 Å². The molecule has 0 spiro atoms. The van der Waals surface area contributed by atoms with Gasteiger partial charge in [0.2, 0.25) is 0 Å². The van der Waals surface area contributed by atoms with E-state index in [1.165, 1.54) is 0 Å². The lowest BCUT2D eigenvalue weighted by atomic mass is 9.65. The molecule has 14 heavy (non-hydrogen) atoms. The highest BCUT2D eigenvalue weighted by Crippen LogP contribution is 2.40. The molecular weight excluding hydrogens is 172 g/mol. The van der Waals surface area contributed by atoms with Crippen molar-refractivity contribution in [1.82, 2.24) is 0 Å². The summed E-state index contributed by atoms with van der Waals surface area (Å²) >= 11 is 0. The molecule has 2 heteroatoms. The summed E-state index contributed by atoms with van der Waals surface area (Å²) < 4.78 is 0. The molecule has 0 aromatic carbocycles. The predicted octanol–water partition coefficient (Wildman–Crippen LogP) is 3.36. The highest BCUT2D eigenvalue weighted by molar-refractivity contribution is 5.06. The molecule has 0 radical (unpaired) electrons. The molecule has 0 bridgehead atoms. The van der Waals surface area contributed by atoms with Gasteiger partial charge in [0.25, 0.3) is 0 Å². The summed E-state index contributed by atoms with van der Waals surface area (Å²) in [4.78, 5) is 0. The molecule has 78 valence electrons. The predicted molar refractivity (Wildman–Crippen MR) is 57.1 cm³/mol. The Morgan fingerprint density at radius 3 is 1.00 bits per heavy atom. The van der Waals surface area contributed by atoms with Gasteiger partial charge in [0.1, 0.15) is 0 Å². The SMILES string of the molecule is CC(C)(C)C(C#N)C(C#N)C(C)(C)C. The van der Waals surface area contributed by atoms with Gasteiger partial charge in [-0.2, -0.15) is 10.5 Å². The topological polar surface area (TPSA) is 47.6 Å². The summed E-state index contributed by atoms with van der Waals surface area (Å²) in [6, 6.07) is 4.55. The molecule has 0 aromatic heterocycles. The van der Waals surface area contributed by atoms with Crippen molar-refractivity contribution >= 4 is 0 Å². The van der Waals surface area contributed by atoms with Crippen LogP contribution in [0.3, 0.4) is 0 Å². The van der Waals surface area contributed by atoms with Crippen LogP contribution in [0.15, 0.2) is 0 Å². The molecule has 0 N–H and O–H groups in total. The van der Waals surface area contributed by atoms with Crippen molar-refractivity contribution in [2.24, 2.45) is 22.7 Å². The number of rotatable bonds is 1. The van der Waals surface area contributed by atoms with Crippen molar-refractivity contribution in [2.45, 2.75) is 41.5 Å². The van der Waals surface area contributed by atoms with Crippen LogP contribution in [0.25, 0.3) is 0 Å². The van der Waals surface area contributed by atoms with E-state index in [0.29, 0.717) is 0 Å². The zero-order valence-electron chi connectivity index (χ0n) is 10.0. The first-order chi connectivity index (χ1) is 6.14. The highest BCUT2D eigenvalue weighted by atomic mass is 14.5.